The van der Waals surface area contributed by atoms with E-state index in [0.717, 1.165) is 49.2 Å². The lowest BCUT2D eigenvalue weighted by molar-refractivity contribution is 0.00525. The molecule has 1 aromatic rings. The third kappa shape index (κ3) is 3.06. The summed E-state index contributed by atoms with van der Waals surface area (Å²) in [5, 5.41) is 13.3. The Kier molecular flexibility index (Phi) is 4.53. The molecule has 0 spiro atoms. The molecule has 0 radical (unpaired) electrons. The van der Waals surface area contributed by atoms with E-state index in [1.54, 1.807) is 0 Å². The van der Waals surface area contributed by atoms with Crippen LogP contribution < -0.4 is 5.32 Å². The van der Waals surface area contributed by atoms with Gasteiger partial charge in [-0.15, -0.1) is 0 Å². The average Bonchev–Trinajstić information content (AvgIpc) is 2.72. The number of hydrogen-bond donors (Lipinski definition) is 2. The third-order valence-electron chi connectivity index (χ3n) is 4.50. The van der Waals surface area contributed by atoms with E-state index < -0.39 is 5.60 Å². The predicted octanol–water partition coefficient (Wildman–Crippen LogP) is 2.55. The highest BCUT2D eigenvalue weighted by molar-refractivity contribution is 5.95. The molecule has 1 aliphatic rings. The van der Waals surface area contributed by atoms with Crippen molar-refractivity contribution >= 4 is 5.91 Å². The normalized spacial score (nSPS) is 18.0. The summed E-state index contributed by atoms with van der Waals surface area (Å²) in [5.74, 6) is -0.0724. The molecule has 0 aliphatic heterocycles. The van der Waals surface area contributed by atoms with E-state index in [2.05, 4.69) is 16.8 Å². The molecule has 0 saturated heterocycles. The molecule has 20 heavy (non-hydrogen) atoms. The lowest BCUT2D eigenvalue weighted by atomic mass is 9.85. The van der Waals surface area contributed by atoms with Crippen LogP contribution in [0.2, 0.25) is 0 Å². The van der Waals surface area contributed by atoms with Crippen LogP contribution in [0, 0.1) is 13.8 Å². The minimum absolute atomic E-state index is 0.0724. The van der Waals surface area contributed by atoms with E-state index in [0.29, 0.717) is 6.54 Å². The summed E-state index contributed by atoms with van der Waals surface area (Å²) in [6, 6.07) is 1.93. The van der Waals surface area contributed by atoms with Crippen molar-refractivity contribution in [1.82, 2.24) is 9.88 Å². The fourth-order valence-electron chi connectivity index (χ4n) is 3.24. The van der Waals surface area contributed by atoms with Gasteiger partial charge in [0.2, 0.25) is 0 Å². The van der Waals surface area contributed by atoms with E-state index in [4.69, 9.17) is 0 Å². The maximum Gasteiger partial charge on any atom is 0.253 e. The van der Waals surface area contributed by atoms with Crippen molar-refractivity contribution in [2.45, 2.75) is 65.0 Å². The Morgan fingerprint density at radius 1 is 1.35 bits per heavy atom. The molecule has 1 heterocycles. The van der Waals surface area contributed by atoms with Gasteiger partial charge < -0.3 is 15.0 Å². The van der Waals surface area contributed by atoms with Gasteiger partial charge in [-0.3, -0.25) is 4.79 Å². The second-order valence-corrected chi connectivity index (χ2v) is 6.00. The van der Waals surface area contributed by atoms with Gasteiger partial charge in [-0.2, -0.15) is 0 Å². The number of carbonyl (C=O) groups excluding carboxylic acids is 1. The molecule has 0 atom stereocenters. The van der Waals surface area contributed by atoms with Gasteiger partial charge in [-0.1, -0.05) is 19.3 Å². The Morgan fingerprint density at radius 2 is 2.00 bits per heavy atom. The second kappa shape index (κ2) is 6.00. The molecule has 112 valence electrons. The number of aliphatic hydroxyl groups is 1. The molecule has 4 nitrogen and oxygen atoms in total. The maximum atomic E-state index is 12.3. The molecule has 2 rings (SSSR count). The Labute approximate surface area is 121 Å². The Bertz CT molecular complexity index is 485. The lowest BCUT2D eigenvalue weighted by Crippen LogP contribution is -2.44. The fourth-order valence-corrected chi connectivity index (χ4v) is 3.24. The van der Waals surface area contributed by atoms with Gasteiger partial charge in [0.05, 0.1) is 11.2 Å². The topological polar surface area (TPSA) is 54.3 Å². The highest BCUT2D eigenvalue weighted by atomic mass is 16.3. The van der Waals surface area contributed by atoms with Crippen molar-refractivity contribution < 1.29 is 9.90 Å². The molecular weight excluding hydrogens is 252 g/mol. The Morgan fingerprint density at radius 3 is 2.55 bits per heavy atom. The summed E-state index contributed by atoms with van der Waals surface area (Å²) in [7, 11) is 0. The van der Waals surface area contributed by atoms with Crippen LogP contribution in [-0.4, -0.2) is 27.7 Å². The van der Waals surface area contributed by atoms with Crippen molar-refractivity contribution in [2.24, 2.45) is 0 Å². The van der Waals surface area contributed by atoms with Crippen LogP contribution in [0.3, 0.4) is 0 Å². The summed E-state index contributed by atoms with van der Waals surface area (Å²) in [6.45, 7) is 7.30. The molecule has 1 aliphatic carbocycles. The number of amides is 1. The minimum Gasteiger partial charge on any atom is -0.388 e. The van der Waals surface area contributed by atoms with Gasteiger partial charge in [0.25, 0.3) is 5.91 Å². The van der Waals surface area contributed by atoms with Crippen molar-refractivity contribution in [2.75, 3.05) is 6.54 Å². The third-order valence-corrected chi connectivity index (χ3v) is 4.50. The SMILES string of the molecule is CCn1c(C)cc(C(=O)NCC2(O)CCCCC2)c1C. The van der Waals surface area contributed by atoms with Gasteiger partial charge in [-0.25, -0.2) is 0 Å². The summed E-state index contributed by atoms with van der Waals surface area (Å²) in [5.41, 5.74) is 2.12. The molecular formula is C16H26N2O2. The zero-order valence-corrected chi connectivity index (χ0v) is 12.8. The van der Waals surface area contributed by atoms with Crippen LogP contribution in [0.25, 0.3) is 0 Å². The number of nitrogens with one attached hydrogen (secondary N) is 1. The monoisotopic (exact) mass is 278 g/mol. The quantitative estimate of drug-likeness (QED) is 0.889. The van der Waals surface area contributed by atoms with Crippen LogP contribution in [-0.2, 0) is 6.54 Å². The Hall–Kier alpha value is -1.29. The smallest absolute Gasteiger partial charge is 0.253 e. The first-order valence-corrected chi connectivity index (χ1v) is 7.64. The number of rotatable bonds is 4. The number of nitrogens with zero attached hydrogens (tertiary/aromatic N) is 1. The van der Waals surface area contributed by atoms with Gasteiger partial charge in [0, 0.05) is 24.5 Å². The van der Waals surface area contributed by atoms with Gasteiger partial charge >= 0.3 is 0 Å². The fraction of sp³-hybridized carbons (Fsp3) is 0.688. The molecule has 2 N–H and O–H groups in total. The standard InChI is InChI=1S/C16H26N2O2/c1-4-18-12(2)10-14(13(18)3)15(19)17-11-16(20)8-6-5-7-9-16/h10,20H,4-9,11H2,1-3H3,(H,17,19). The molecule has 0 bridgehead atoms. The molecule has 0 aromatic carbocycles. The van der Waals surface area contributed by atoms with E-state index in [-0.39, 0.29) is 5.91 Å². The van der Waals surface area contributed by atoms with Gasteiger partial charge in [0.15, 0.2) is 0 Å². The predicted molar refractivity (Wildman–Crippen MR) is 79.9 cm³/mol. The average molecular weight is 278 g/mol. The molecule has 1 fully saturated rings. The van der Waals surface area contributed by atoms with Crippen LogP contribution in [0.5, 0.6) is 0 Å². The van der Waals surface area contributed by atoms with Crippen LogP contribution in [0.15, 0.2) is 6.07 Å². The first kappa shape index (κ1) is 15.1. The molecule has 1 amide bonds. The van der Waals surface area contributed by atoms with E-state index in [1.807, 2.05) is 19.9 Å². The van der Waals surface area contributed by atoms with E-state index >= 15 is 0 Å². The molecule has 0 unspecified atom stereocenters. The van der Waals surface area contributed by atoms with Crippen LogP contribution in [0.4, 0.5) is 0 Å². The zero-order valence-electron chi connectivity index (χ0n) is 12.8. The summed E-state index contributed by atoms with van der Waals surface area (Å²) in [4.78, 5) is 12.3. The minimum atomic E-state index is -0.704. The van der Waals surface area contributed by atoms with Gasteiger partial charge in [0.1, 0.15) is 0 Å². The maximum absolute atomic E-state index is 12.3. The van der Waals surface area contributed by atoms with Crippen molar-refractivity contribution in [3.63, 3.8) is 0 Å². The molecule has 1 saturated carbocycles. The first-order valence-electron chi connectivity index (χ1n) is 7.64. The largest absolute Gasteiger partial charge is 0.388 e. The lowest BCUT2D eigenvalue weighted by Gasteiger charge is -2.32. The van der Waals surface area contributed by atoms with Gasteiger partial charge in [-0.05, 0) is 39.7 Å². The zero-order chi connectivity index (χ0) is 14.8. The van der Waals surface area contributed by atoms with Crippen molar-refractivity contribution in [3.8, 4) is 0 Å². The van der Waals surface area contributed by atoms with Crippen LogP contribution in [0.1, 0.15) is 60.8 Å². The summed E-state index contributed by atoms with van der Waals surface area (Å²) < 4.78 is 2.13. The highest BCUT2D eigenvalue weighted by Gasteiger charge is 2.29. The molecule has 4 heteroatoms. The number of carbonyl (C=O) groups is 1. The number of hydrogen-bond acceptors (Lipinski definition) is 2. The number of aromatic nitrogens is 1. The molecule has 1 aromatic heterocycles. The van der Waals surface area contributed by atoms with Crippen LogP contribution >= 0.6 is 0 Å². The number of aryl methyl sites for hydroxylation is 1. The van der Waals surface area contributed by atoms with Crippen molar-refractivity contribution in [1.29, 1.82) is 0 Å². The summed E-state index contributed by atoms with van der Waals surface area (Å²) in [6.07, 6.45) is 4.88. The highest BCUT2D eigenvalue weighted by Crippen LogP contribution is 2.27. The summed E-state index contributed by atoms with van der Waals surface area (Å²) >= 11 is 0. The van der Waals surface area contributed by atoms with E-state index in [1.165, 1.54) is 6.42 Å². The second-order valence-electron chi connectivity index (χ2n) is 6.00. The van der Waals surface area contributed by atoms with Crippen molar-refractivity contribution in [3.05, 3.63) is 23.0 Å². The Balaban J connectivity index is 2.01. The van der Waals surface area contributed by atoms with E-state index in [9.17, 15) is 9.90 Å². The first-order chi connectivity index (χ1) is 9.47.